The first kappa shape index (κ1) is 12.3. The van der Waals surface area contributed by atoms with Crippen LogP contribution in [0.1, 0.15) is 0 Å². The largest absolute Gasteiger partial charge is 0.487 e. The fraction of sp³-hybridized carbons (Fsp3) is 0.250. The molecule has 86 valence electrons. The van der Waals surface area contributed by atoms with E-state index < -0.39 is 0 Å². The van der Waals surface area contributed by atoms with Crippen LogP contribution in [0.4, 0.5) is 5.69 Å². The van der Waals surface area contributed by atoms with E-state index in [-0.39, 0.29) is 12.5 Å². The molecule has 16 heavy (non-hydrogen) atoms. The van der Waals surface area contributed by atoms with E-state index in [4.69, 9.17) is 4.74 Å². The number of ether oxygens (including phenoxy) is 1. The average molecular weight is 220 g/mol. The maximum Gasteiger partial charge on any atom is 0.238 e. The van der Waals surface area contributed by atoms with Crippen molar-refractivity contribution in [3.05, 3.63) is 36.9 Å². The van der Waals surface area contributed by atoms with Crippen LogP contribution in [-0.2, 0) is 4.79 Å². The lowest BCUT2D eigenvalue weighted by Crippen LogP contribution is -2.25. The van der Waals surface area contributed by atoms with E-state index >= 15 is 0 Å². The molecule has 0 bridgehead atoms. The number of benzene rings is 1. The number of hydrogen-bond donors (Lipinski definition) is 2. The lowest BCUT2D eigenvalue weighted by Gasteiger charge is -2.10. The van der Waals surface area contributed by atoms with Crippen molar-refractivity contribution in [1.29, 1.82) is 0 Å². The number of likely N-dealkylation sites (N-methyl/N-ethyl adjacent to an activating group) is 1. The van der Waals surface area contributed by atoms with Gasteiger partial charge in [0.15, 0.2) is 0 Å². The van der Waals surface area contributed by atoms with Crippen LogP contribution in [0.5, 0.6) is 5.75 Å². The maximum atomic E-state index is 11.4. The number of carbonyl (C=O) groups is 1. The third-order valence-corrected chi connectivity index (χ3v) is 1.86. The van der Waals surface area contributed by atoms with Gasteiger partial charge in [0.1, 0.15) is 12.4 Å². The third-order valence-electron chi connectivity index (χ3n) is 1.86. The summed E-state index contributed by atoms with van der Waals surface area (Å²) < 4.78 is 5.41. The molecule has 0 atom stereocenters. The van der Waals surface area contributed by atoms with Crippen molar-refractivity contribution >= 4 is 11.6 Å². The van der Waals surface area contributed by atoms with Gasteiger partial charge in [-0.25, -0.2) is 0 Å². The van der Waals surface area contributed by atoms with Crippen LogP contribution < -0.4 is 15.4 Å². The number of nitrogens with one attached hydrogen (secondary N) is 2. The van der Waals surface area contributed by atoms with Gasteiger partial charge in [-0.05, 0) is 19.2 Å². The van der Waals surface area contributed by atoms with Crippen molar-refractivity contribution in [2.75, 3.05) is 25.5 Å². The highest BCUT2D eigenvalue weighted by Gasteiger charge is 2.05. The molecule has 1 aromatic rings. The Morgan fingerprint density at radius 1 is 1.50 bits per heavy atom. The molecule has 0 saturated heterocycles. The van der Waals surface area contributed by atoms with Gasteiger partial charge in [0.05, 0.1) is 12.2 Å². The molecule has 0 aromatic heterocycles. The molecule has 4 nitrogen and oxygen atoms in total. The Morgan fingerprint density at radius 2 is 2.25 bits per heavy atom. The summed E-state index contributed by atoms with van der Waals surface area (Å²) in [5, 5.41) is 5.54. The summed E-state index contributed by atoms with van der Waals surface area (Å²) in [5.74, 6) is 0.545. The second kappa shape index (κ2) is 6.63. The fourth-order valence-corrected chi connectivity index (χ4v) is 1.20. The molecule has 4 heteroatoms. The molecule has 1 rings (SSSR count). The number of amides is 1. The Hall–Kier alpha value is -1.81. The first-order chi connectivity index (χ1) is 7.77. The molecule has 2 N–H and O–H groups in total. The zero-order valence-corrected chi connectivity index (χ0v) is 9.32. The van der Waals surface area contributed by atoms with Crippen molar-refractivity contribution in [1.82, 2.24) is 5.32 Å². The Morgan fingerprint density at radius 3 is 2.94 bits per heavy atom. The third kappa shape index (κ3) is 3.74. The van der Waals surface area contributed by atoms with Gasteiger partial charge in [0, 0.05) is 0 Å². The smallest absolute Gasteiger partial charge is 0.238 e. The van der Waals surface area contributed by atoms with Gasteiger partial charge in [-0.1, -0.05) is 24.8 Å². The van der Waals surface area contributed by atoms with Crippen LogP contribution >= 0.6 is 0 Å². The normalized spacial score (nSPS) is 9.56. The molecule has 0 heterocycles. The molecule has 0 radical (unpaired) electrons. The monoisotopic (exact) mass is 220 g/mol. The molecule has 1 aromatic carbocycles. The molecule has 0 unspecified atom stereocenters. The van der Waals surface area contributed by atoms with Gasteiger partial charge < -0.3 is 15.4 Å². The van der Waals surface area contributed by atoms with E-state index in [2.05, 4.69) is 17.2 Å². The number of para-hydroxylation sites is 2. The zero-order valence-electron chi connectivity index (χ0n) is 9.32. The summed E-state index contributed by atoms with van der Waals surface area (Å²) in [4.78, 5) is 11.4. The van der Waals surface area contributed by atoms with Crippen molar-refractivity contribution in [3.8, 4) is 5.75 Å². The molecule has 0 saturated carbocycles. The Kier molecular flexibility index (Phi) is 5.08. The molecule has 0 aliphatic rings. The molecule has 0 spiro atoms. The summed E-state index contributed by atoms with van der Waals surface area (Å²) in [7, 11) is 1.72. The van der Waals surface area contributed by atoms with Gasteiger partial charge in [-0.3, -0.25) is 4.79 Å². The Balaban J connectivity index is 2.70. The number of anilines is 1. The highest BCUT2D eigenvalue weighted by Crippen LogP contribution is 2.23. The highest BCUT2D eigenvalue weighted by molar-refractivity contribution is 5.93. The van der Waals surface area contributed by atoms with Gasteiger partial charge in [0.2, 0.25) is 5.91 Å². The fourth-order valence-electron chi connectivity index (χ4n) is 1.20. The Labute approximate surface area is 95.3 Å². The lowest BCUT2D eigenvalue weighted by atomic mass is 10.3. The highest BCUT2D eigenvalue weighted by atomic mass is 16.5. The molecule has 0 aliphatic carbocycles. The first-order valence-corrected chi connectivity index (χ1v) is 5.05. The summed E-state index contributed by atoms with van der Waals surface area (Å²) >= 11 is 0. The number of carbonyl (C=O) groups excluding carboxylic acids is 1. The van der Waals surface area contributed by atoms with E-state index in [1.807, 2.05) is 12.1 Å². The van der Waals surface area contributed by atoms with Crippen LogP contribution in [-0.4, -0.2) is 26.1 Å². The van der Waals surface area contributed by atoms with Crippen LogP contribution in [0.3, 0.4) is 0 Å². The predicted octanol–water partition coefficient (Wildman–Crippen LogP) is 1.41. The molecule has 0 fully saturated rings. The lowest BCUT2D eigenvalue weighted by molar-refractivity contribution is -0.115. The standard InChI is InChI=1S/C12H16N2O2/c1-3-8-16-11-7-5-4-6-10(11)14-12(15)9-13-2/h3-7,13H,1,8-9H2,2H3,(H,14,15). The van der Waals surface area contributed by atoms with Gasteiger partial charge >= 0.3 is 0 Å². The second-order valence-electron chi connectivity index (χ2n) is 3.17. The molecular formula is C12H16N2O2. The SMILES string of the molecule is C=CCOc1ccccc1NC(=O)CNC. The summed E-state index contributed by atoms with van der Waals surface area (Å²) in [5.41, 5.74) is 0.671. The van der Waals surface area contributed by atoms with E-state index in [1.54, 1.807) is 25.3 Å². The molecule has 1 amide bonds. The van der Waals surface area contributed by atoms with Crippen molar-refractivity contribution in [2.24, 2.45) is 0 Å². The zero-order chi connectivity index (χ0) is 11.8. The Bertz CT molecular complexity index is 364. The van der Waals surface area contributed by atoms with E-state index in [1.165, 1.54) is 0 Å². The summed E-state index contributed by atoms with van der Waals surface area (Å²) in [6, 6.07) is 7.30. The number of rotatable bonds is 6. The first-order valence-electron chi connectivity index (χ1n) is 5.05. The minimum atomic E-state index is -0.0999. The van der Waals surface area contributed by atoms with Crippen LogP contribution in [0, 0.1) is 0 Å². The second-order valence-corrected chi connectivity index (χ2v) is 3.17. The van der Waals surface area contributed by atoms with Gasteiger partial charge in [-0.2, -0.15) is 0 Å². The van der Waals surface area contributed by atoms with Crippen molar-refractivity contribution < 1.29 is 9.53 Å². The van der Waals surface area contributed by atoms with Crippen molar-refractivity contribution in [2.45, 2.75) is 0 Å². The molecule has 0 aliphatic heterocycles. The van der Waals surface area contributed by atoms with E-state index in [9.17, 15) is 4.79 Å². The maximum absolute atomic E-state index is 11.4. The summed E-state index contributed by atoms with van der Waals surface area (Å²) in [6.07, 6.45) is 1.66. The quantitative estimate of drug-likeness (QED) is 0.713. The van der Waals surface area contributed by atoms with Crippen molar-refractivity contribution in [3.63, 3.8) is 0 Å². The van der Waals surface area contributed by atoms with Crippen LogP contribution in [0.15, 0.2) is 36.9 Å². The van der Waals surface area contributed by atoms with Crippen LogP contribution in [0.25, 0.3) is 0 Å². The molecular weight excluding hydrogens is 204 g/mol. The minimum absolute atomic E-state index is 0.0999. The van der Waals surface area contributed by atoms with E-state index in [0.29, 0.717) is 18.0 Å². The van der Waals surface area contributed by atoms with Crippen LogP contribution in [0.2, 0.25) is 0 Å². The minimum Gasteiger partial charge on any atom is -0.487 e. The van der Waals surface area contributed by atoms with Gasteiger partial charge in [-0.15, -0.1) is 0 Å². The van der Waals surface area contributed by atoms with E-state index in [0.717, 1.165) is 0 Å². The van der Waals surface area contributed by atoms with Gasteiger partial charge in [0.25, 0.3) is 0 Å². The average Bonchev–Trinajstić information content (AvgIpc) is 2.28. The number of hydrogen-bond acceptors (Lipinski definition) is 3. The summed E-state index contributed by atoms with van der Waals surface area (Å²) in [6.45, 7) is 4.26. The topological polar surface area (TPSA) is 50.4 Å². The predicted molar refractivity (Wildman–Crippen MR) is 64.7 cm³/mol.